The van der Waals surface area contributed by atoms with Gasteiger partial charge in [-0.05, 0) is 37.3 Å². The van der Waals surface area contributed by atoms with E-state index in [1.807, 2.05) is 0 Å². The third kappa shape index (κ3) is 3.65. The molecule has 1 atom stereocenters. The van der Waals surface area contributed by atoms with E-state index in [0.717, 1.165) is 18.2 Å². The van der Waals surface area contributed by atoms with Crippen molar-refractivity contribution in [2.45, 2.75) is 19.1 Å². The molecule has 0 spiro atoms. The zero-order valence-electron chi connectivity index (χ0n) is 11.1. The topological polar surface area (TPSA) is 32.3 Å². The minimum absolute atomic E-state index is 0.182. The van der Waals surface area contributed by atoms with Crippen LogP contribution in [-0.2, 0) is 6.18 Å². The van der Waals surface area contributed by atoms with E-state index in [2.05, 4.69) is 5.32 Å². The van der Waals surface area contributed by atoms with Crippen molar-refractivity contribution < 1.29 is 22.7 Å². The Morgan fingerprint density at radius 1 is 1.05 bits per heavy atom. The Balaban J connectivity index is 2.14. The smallest absolute Gasteiger partial charge is 0.416 e. The quantitative estimate of drug-likeness (QED) is 0.803. The van der Waals surface area contributed by atoms with Crippen LogP contribution in [0, 0.1) is 5.82 Å². The molecule has 0 fully saturated rings. The Kier molecular flexibility index (Phi) is 4.06. The molecule has 21 heavy (non-hydrogen) atoms. The van der Waals surface area contributed by atoms with Crippen molar-refractivity contribution in [2.75, 3.05) is 5.32 Å². The lowest BCUT2D eigenvalue weighted by Crippen LogP contribution is -2.09. The van der Waals surface area contributed by atoms with Gasteiger partial charge in [0.15, 0.2) is 0 Å². The highest BCUT2D eigenvalue weighted by atomic mass is 19.4. The van der Waals surface area contributed by atoms with Crippen molar-refractivity contribution in [3.8, 4) is 5.75 Å². The minimum Gasteiger partial charge on any atom is -0.508 e. The van der Waals surface area contributed by atoms with Gasteiger partial charge in [-0.2, -0.15) is 13.2 Å². The molecule has 0 saturated carbocycles. The highest BCUT2D eigenvalue weighted by Gasteiger charge is 2.29. The number of hydrogen-bond acceptors (Lipinski definition) is 2. The Morgan fingerprint density at radius 2 is 1.67 bits per heavy atom. The lowest BCUT2D eigenvalue weighted by Gasteiger charge is -2.17. The second-order valence-corrected chi connectivity index (χ2v) is 4.65. The number of alkyl halides is 3. The summed E-state index contributed by atoms with van der Waals surface area (Å²) >= 11 is 0. The molecule has 6 heteroatoms. The molecule has 0 amide bonds. The SMILES string of the molecule is CC(Nc1ccc(C(F)(F)F)cc1)c1ccc(O)cc1F. The van der Waals surface area contributed by atoms with E-state index in [1.165, 1.54) is 24.3 Å². The Labute approximate surface area is 119 Å². The van der Waals surface area contributed by atoms with Crippen LogP contribution in [0.5, 0.6) is 5.75 Å². The minimum atomic E-state index is -4.38. The summed E-state index contributed by atoms with van der Waals surface area (Å²) in [7, 11) is 0. The summed E-state index contributed by atoms with van der Waals surface area (Å²) in [5.41, 5.74) is 0.0205. The zero-order chi connectivity index (χ0) is 15.6. The summed E-state index contributed by atoms with van der Waals surface area (Å²) in [6, 6.07) is 7.80. The molecular weight excluding hydrogens is 286 g/mol. The van der Waals surface area contributed by atoms with E-state index in [-0.39, 0.29) is 5.75 Å². The molecule has 0 aliphatic heterocycles. The molecule has 2 nitrogen and oxygen atoms in total. The predicted octanol–water partition coefficient (Wildman–Crippen LogP) is 4.72. The van der Waals surface area contributed by atoms with E-state index >= 15 is 0 Å². The lowest BCUT2D eigenvalue weighted by molar-refractivity contribution is -0.137. The maximum atomic E-state index is 13.7. The Bertz CT molecular complexity index is 623. The van der Waals surface area contributed by atoms with Crippen LogP contribution in [0.25, 0.3) is 0 Å². The average Bonchev–Trinajstić information content (AvgIpc) is 2.38. The Morgan fingerprint density at radius 3 is 2.19 bits per heavy atom. The number of phenols is 1. The monoisotopic (exact) mass is 299 g/mol. The summed E-state index contributed by atoms with van der Waals surface area (Å²) in [6.07, 6.45) is -4.38. The summed E-state index contributed by atoms with van der Waals surface area (Å²) in [6.45, 7) is 1.67. The van der Waals surface area contributed by atoms with Gasteiger partial charge in [0.05, 0.1) is 11.6 Å². The third-order valence-electron chi connectivity index (χ3n) is 3.05. The number of nitrogens with one attached hydrogen (secondary N) is 1. The van der Waals surface area contributed by atoms with Gasteiger partial charge in [0.1, 0.15) is 11.6 Å². The molecule has 0 aromatic heterocycles. The summed E-state index contributed by atoms with van der Waals surface area (Å²) in [5.74, 6) is -0.764. The molecule has 0 bridgehead atoms. The zero-order valence-corrected chi connectivity index (χ0v) is 11.1. The molecule has 2 aromatic rings. The van der Waals surface area contributed by atoms with Crippen molar-refractivity contribution in [2.24, 2.45) is 0 Å². The van der Waals surface area contributed by atoms with Crippen LogP contribution in [-0.4, -0.2) is 5.11 Å². The highest BCUT2D eigenvalue weighted by Crippen LogP contribution is 2.31. The van der Waals surface area contributed by atoms with Crippen molar-refractivity contribution >= 4 is 5.69 Å². The van der Waals surface area contributed by atoms with Gasteiger partial charge in [0.2, 0.25) is 0 Å². The molecule has 0 saturated heterocycles. The number of aromatic hydroxyl groups is 1. The first-order valence-electron chi connectivity index (χ1n) is 6.19. The van der Waals surface area contributed by atoms with Gasteiger partial charge in [-0.15, -0.1) is 0 Å². The normalized spacial score (nSPS) is 13.0. The Hall–Kier alpha value is -2.24. The molecular formula is C15H13F4NO. The van der Waals surface area contributed by atoms with E-state index in [0.29, 0.717) is 11.3 Å². The molecule has 2 aromatic carbocycles. The number of phenolic OH excluding ortho intramolecular Hbond substituents is 1. The van der Waals surface area contributed by atoms with Crippen molar-refractivity contribution in [1.82, 2.24) is 0 Å². The third-order valence-corrected chi connectivity index (χ3v) is 3.05. The van der Waals surface area contributed by atoms with Crippen LogP contribution in [0.3, 0.4) is 0 Å². The van der Waals surface area contributed by atoms with Gasteiger partial charge in [-0.3, -0.25) is 0 Å². The number of hydrogen-bond donors (Lipinski definition) is 2. The van der Waals surface area contributed by atoms with Crippen molar-refractivity contribution in [3.05, 3.63) is 59.4 Å². The summed E-state index contributed by atoms with van der Waals surface area (Å²) < 4.78 is 51.0. The number of anilines is 1. The van der Waals surface area contributed by atoms with Gasteiger partial charge in [0.25, 0.3) is 0 Å². The average molecular weight is 299 g/mol. The van der Waals surface area contributed by atoms with E-state index in [1.54, 1.807) is 6.92 Å². The van der Waals surface area contributed by atoms with Crippen molar-refractivity contribution in [1.29, 1.82) is 0 Å². The fourth-order valence-electron chi connectivity index (χ4n) is 1.95. The van der Waals surface area contributed by atoms with Crippen LogP contribution in [0.15, 0.2) is 42.5 Å². The second kappa shape index (κ2) is 5.63. The molecule has 2 N–H and O–H groups in total. The first kappa shape index (κ1) is 15.2. The van der Waals surface area contributed by atoms with Crippen LogP contribution < -0.4 is 5.32 Å². The van der Waals surface area contributed by atoms with Gasteiger partial charge in [0, 0.05) is 17.3 Å². The number of benzene rings is 2. The van der Waals surface area contributed by atoms with Gasteiger partial charge < -0.3 is 10.4 Å². The van der Waals surface area contributed by atoms with Crippen LogP contribution in [0.4, 0.5) is 23.2 Å². The molecule has 0 aliphatic rings. The summed E-state index contributed by atoms with van der Waals surface area (Å²) in [5, 5.41) is 12.1. The van der Waals surface area contributed by atoms with Crippen molar-refractivity contribution in [3.63, 3.8) is 0 Å². The van der Waals surface area contributed by atoms with Crippen LogP contribution in [0.2, 0.25) is 0 Å². The maximum absolute atomic E-state index is 13.7. The fourth-order valence-corrected chi connectivity index (χ4v) is 1.95. The standard InChI is InChI=1S/C15H13F4NO/c1-9(13-7-6-12(21)8-14(13)16)20-11-4-2-10(3-5-11)15(17,18)19/h2-9,20-21H,1H3. The predicted molar refractivity (Wildman–Crippen MR) is 71.5 cm³/mol. The maximum Gasteiger partial charge on any atom is 0.416 e. The van der Waals surface area contributed by atoms with Gasteiger partial charge >= 0.3 is 6.18 Å². The second-order valence-electron chi connectivity index (χ2n) is 4.65. The molecule has 2 rings (SSSR count). The molecule has 0 heterocycles. The van der Waals surface area contributed by atoms with Gasteiger partial charge in [-0.25, -0.2) is 4.39 Å². The van der Waals surface area contributed by atoms with E-state index in [9.17, 15) is 17.6 Å². The van der Waals surface area contributed by atoms with E-state index in [4.69, 9.17) is 5.11 Å². The van der Waals surface area contributed by atoms with Crippen LogP contribution >= 0.6 is 0 Å². The summed E-state index contributed by atoms with van der Waals surface area (Å²) in [4.78, 5) is 0. The molecule has 0 aliphatic carbocycles. The first-order valence-corrected chi connectivity index (χ1v) is 6.19. The molecule has 1 unspecified atom stereocenters. The first-order chi connectivity index (χ1) is 9.77. The number of halogens is 4. The highest BCUT2D eigenvalue weighted by molar-refractivity contribution is 5.47. The number of rotatable bonds is 3. The fraction of sp³-hybridized carbons (Fsp3) is 0.200. The molecule has 0 radical (unpaired) electrons. The molecule has 112 valence electrons. The largest absolute Gasteiger partial charge is 0.508 e. The van der Waals surface area contributed by atoms with Crippen LogP contribution in [0.1, 0.15) is 24.1 Å². The van der Waals surface area contributed by atoms with Gasteiger partial charge in [-0.1, -0.05) is 6.07 Å². The van der Waals surface area contributed by atoms with E-state index < -0.39 is 23.6 Å². The lowest BCUT2D eigenvalue weighted by atomic mass is 10.1.